The molecule has 194 valence electrons. The average molecular weight is 549 g/mol. The number of imidazole rings is 1. The summed E-state index contributed by atoms with van der Waals surface area (Å²) in [5.74, 6) is 1.73. The van der Waals surface area contributed by atoms with Crippen molar-refractivity contribution in [3.8, 4) is 11.7 Å². The maximum Gasteiger partial charge on any atom is 0.402 e. The third-order valence-corrected chi connectivity index (χ3v) is 7.96. The molecule has 0 saturated heterocycles. The van der Waals surface area contributed by atoms with Crippen LogP contribution < -0.4 is 26.4 Å². The number of aliphatic hydroxyl groups excluding tert-OH is 1. The van der Waals surface area contributed by atoms with E-state index in [1.54, 1.807) is 7.11 Å². The van der Waals surface area contributed by atoms with Gasteiger partial charge in [-0.3, -0.25) is 9.52 Å². The van der Waals surface area contributed by atoms with Gasteiger partial charge in [0.05, 0.1) is 25.0 Å². The lowest BCUT2D eigenvalue weighted by atomic mass is 9.80. The second-order valence-corrected chi connectivity index (χ2v) is 11.0. The van der Waals surface area contributed by atoms with E-state index in [1.165, 1.54) is 0 Å². The summed E-state index contributed by atoms with van der Waals surface area (Å²) < 4.78 is 10.4. The number of carbonyl (C=O) groups is 1. The molecule has 0 radical (unpaired) electrons. The van der Waals surface area contributed by atoms with Crippen molar-refractivity contribution in [1.29, 1.82) is 0 Å². The van der Waals surface area contributed by atoms with Gasteiger partial charge in [0.2, 0.25) is 0 Å². The molecule has 36 heavy (non-hydrogen) atoms. The second kappa shape index (κ2) is 10.3. The molecule has 0 fully saturated rings. The highest BCUT2D eigenvalue weighted by Gasteiger charge is 2.50. The number of thiol groups is 1. The molecule has 3 N–H and O–H groups in total. The SMILES string of the molecule is COc1cc[n+](-c2nc3cc4c(cc3[nH]2)C(C)(C)C(=O)C4(C)C)c(CCC[C@H](NS)C(O)=S)c1C.[Cl-]. The number of thiocarbonyl (C=S) groups is 1. The van der Waals surface area contributed by atoms with Gasteiger partial charge >= 0.3 is 5.95 Å². The van der Waals surface area contributed by atoms with Crippen LogP contribution in [-0.2, 0) is 22.0 Å². The van der Waals surface area contributed by atoms with E-state index >= 15 is 0 Å². The monoisotopic (exact) mass is 548 g/mol. The zero-order valence-corrected chi connectivity index (χ0v) is 23.9. The Morgan fingerprint density at radius 3 is 2.50 bits per heavy atom. The molecule has 10 heteroatoms. The van der Waals surface area contributed by atoms with Crippen LogP contribution in [0.5, 0.6) is 5.75 Å². The van der Waals surface area contributed by atoms with E-state index in [-0.39, 0.29) is 29.3 Å². The Hall–Kier alpha value is -2.20. The van der Waals surface area contributed by atoms with E-state index in [4.69, 9.17) is 21.9 Å². The molecule has 7 nitrogen and oxygen atoms in total. The first-order valence-corrected chi connectivity index (χ1v) is 12.6. The van der Waals surface area contributed by atoms with Crippen molar-refractivity contribution < 1.29 is 31.6 Å². The molecular formula is C26H33ClN4O3S2. The van der Waals surface area contributed by atoms with E-state index in [2.05, 4.69) is 34.7 Å². The van der Waals surface area contributed by atoms with Crippen LogP contribution in [0.1, 0.15) is 62.9 Å². The maximum atomic E-state index is 13.1. The highest BCUT2D eigenvalue weighted by atomic mass is 35.5. The maximum absolute atomic E-state index is 13.1. The summed E-state index contributed by atoms with van der Waals surface area (Å²) in [4.78, 5) is 21.5. The van der Waals surface area contributed by atoms with Crippen LogP contribution in [0.25, 0.3) is 17.0 Å². The molecule has 0 bridgehead atoms. The number of pyridine rings is 1. The molecule has 2 aromatic heterocycles. The van der Waals surface area contributed by atoms with Crippen LogP contribution in [0.2, 0.25) is 0 Å². The summed E-state index contributed by atoms with van der Waals surface area (Å²) in [5.41, 5.74) is 4.80. The summed E-state index contributed by atoms with van der Waals surface area (Å²) in [7, 11) is 1.66. The topological polar surface area (TPSA) is 91.1 Å². The Balaban J connectivity index is 0.00000361. The first kappa shape index (κ1) is 28.4. The lowest BCUT2D eigenvalue weighted by molar-refractivity contribution is -0.612. The Kier molecular flexibility index (Phi) is 8.10. The second-order valence-electron chi connectivity index (χ2n) is 10.3. The molecule has 4 rings (SSSR count). The molecule has 0 aliphatic heterocycles. The third-order valence-electron chi connectivity index (χ3n) is 7.37. The molecule has 0 unspecified atom stereocenters. The molecule has 0 spiro atoms. The van der Waals surface area contributed by atoms with Crippen molar-refractivity contribution in [2.75, 3.05) is 7.11 Å². The minimum absolute atomic E-state index is 0. The van der Waals surface area contributed by atoms with E-state index in [1.807, 2.05) is 51.4 Å². The quantitative estimate of drug-likeness (QED) is 0.193. The van der Waals surface area contributed by atoms with Gasteiger partial charge < -0.3 is 22.3 Å². The number of methoxy groups -OCH3 is 1. The highest BCUT2D eigenvalue weighted by Crippen LogP contribution is 2.47. The number of hydrogen-bond acceptors (Lipinski definition) is 6. The van der Waals surface area contributed by atoms with Gasteiger partial charge in [-0.15, -0.1) is 0 Å². The van der Waals surface area contributed by atoms with Gasteiger partial charge in [-0.25, -0.2) is 9.55 Å². The minimum Gasteiger partial charge on any atom is -1.00 e. The number of nitrogens with one attached hydrogen (secondary N) is 2. The molecule has 0 amide bonds. The van der Waals surface area contributed by atoms with Crippen LogP contribution in [0.15, 0.2) is 24.4 Å². The number of fused-ring (bicyclic) bond motifs is 2. The van der Waals surface area contributed by atoms with Crippen molar-refractivity contribution in [3.05, 3.63) is 46.8 Å². The average Bonchev–Trinajstić information content (AvgIpc) is 3.28. The van der Waals surface area contributed by atoms with Crippen LogP contribution >= 0.6 is 25.0 Å². The smallest absolute Gasteiger partial charge is 0.402 e. The van der Waals surface area contributed by atoms with Crippen molar-refractivity contribution >= 4 is 46.9 Å². The zero-order valence-electron chi connectivity index (χ0n) is 21.4. The van der Waals surface area contributed by atoms with Crippen molar-refractivity contribution in [3.63, 3.8) is 0 Å². The third kappa shape index (κ3) is 4.62. The van der Waals surface area contributed by atoms with Gasteiger partial charge in [0, 0.05) is 28.9 Å². The zero-order chi connectivity index (χ0) is 25.7. The van der Waals surface area contributed by atoms with E-state index in [0.717, 1.165) is 52.0 Å². The van der Waals surface area contributed by atoms with E-state index in [0.29, 0.717) is 12.4 Å². The molecule has 1 atom stereocenters. The number of H-pyrrole nitrogens is 1. The van der Waals surface area contributed by atoms with Crippen LogP contribution in [0, 0.1) is 6.92 Å². The number of Topliss-reactive ketones (excluding diaryl/α,β-unsaturated/α-hetero) is 1. The van der Waals surface area contributed by atoms with Crippen LogP contribution in [-0.4, -0.2) is 39.1 Å². The number of ether oxygens (including phenoxy) is 1. The minimum atomic E-state index is -0.550. The van der Waals surface area contributed by atoms with Gasteiger partial charge in [0.15, 0.2) is 16.4 Å². The molecular weight excluding hydrogens is 516 g/mol. The largest absolute Gasteiger partial charge is 1.00 e. The standard InChI is InChI=1S/C26H32N4O3S2.ClH/c1-14-20(9-7-8-17(29-35)22(31)34)30(11-10-21(14)33-6)24-27-18-12-15-16(13-19(18)28-24)26(4,5)23(32)25(15,2)3;/h10-13,17,29,35H,7-9H2,1-6H3,(H-,27,28,31,34);1H/t17-;/m0./s1. The number of aliphatic hydroxyl groups is 1. The Labute approximate surface area is 229 Å². The first-order chi connectivity index (χ1) is 16.4. The summed E-state index contributed by atoms with van der Waals surface area (Å²) in [6.07, 6.45) is 4.08. The van der Waals surface area contributed by atoms with Crippen molar-refractivity contribution in [1.82, 2.24) is 14.7 Å². The number of benzene rings is 1. The molecule has 1 aliphatic rings. The van der Waals surface area contributed by atoms with Gasteiger partial charge in [-0.2, -0.15) is 0 Å². The normalized spacial score (nSPS) is 16.5. The molecule has 0 saturated carbocycles. The van der Waals surface area contributed by atoms with Crippen LogP contribution in [0.3, 0.4) is 0 Å². The number of hydrogen-bond donors (Lipinski definition) is 4. The molecule has 1 aliphatic carbocycles. The van der Waals surface area contributed by atoms with E-state index in [9.17, 15) is 9.90 Å². The highest BCUT2D eigenvalue weighted by molar-refractivity contribution is 7.80. The van der Waals surface area contributed by atoms with E-state index < -0.39 is 10.8 Å². The number of rotatable bonds is 8. The fourth-order valence-electron chi connectivity index (χ4n) is 5.34. The summed E-state index contributed by atoms with van der Waals surface area (Å²) in [6.45, 7) is 10.0. The lowest BCUT2D eigenvalue weighted by Gasteiger charge is -2.21. The lowest BCUT2D eigenvalue weighted by Crippen LogP contribution is -3.00. The number of halogens is 1. The van der Waals surface area contributed by atoms with Gasteiger partial charge in [0.25, 0.3) is 0 Å². The predicted octanol–water partition coefficient (Wildman–Crippen LogP) is 1.31. The summed E-state index contributed by atoms with van der Waals surface area (Å²) in [5, 5.41) is 9.59. The number of nitrogens with zero attached hydrogens (tertiary/aromatic N) is 2. The van der Waals surface area contributed by atoms with Gasteiger partial charge in [-0.1, -0.05) is 17.8 Å². The Morgan fingerprint density at radius 2 is 1.92 bits per heavy atom. The number of aromatic amines is 1. The fourth-order valence-corrected chi connectivity index (χ4v) is 5.86. The molecule has 1 aromatic carbocycles. The summed E-state index contributed by atoms with van der Waals surface area (Å²) >= 11 is 8.98. The summed E-state index contributed by atoms with van der Waals surface area (Å²) in [6, 6.07) is 5.71. The van der Waals surface area contributed by atoms with Gasteiger partial charge in [-0.05, 0) is 82.9 Å². The van der Waals surface area contributed by atoms with Crippen molar-refractivity contribution in [2.45, 2.75) is 70.8 Å². The number of carbonyl (C=O) groups excluding carboxylic acids is 1. The first-order valence-electron chi connectivity index (χ1n) is 11.7. The van der Waals surface area contributed by atoms with Gasteiger partial charge in [0.1, 0.15) is 11.3 Å². The number of ketones is 1. The Morgan fingerprint density at radius 1 is 1.28 bits per heavy atom. The Bertz CT molecular complexity index is 1280. The van der Waals surface area contributed by atoms with Crippen molar-refractivity contribution in [2.24, 2.45) is 0 Å². The molecule has 3 aromatic rings. The fraction of sp³-hybridized carbons (Fsp3) is 0.462. The predicted molar refractivity (Wildman–Crippen MR) is 144 cm³/mol. The number of aromatic nitrogens is 3. The van der Waals surface area contributed by atoms with Crippen LogP contribution in [0.4, 0.5) is 0 Å². The molecule has 2 heterocycles.